The van der Waals surface area contributed by atoms with Crippen molar-refractivity contribution >= 4 is 142 Å². The smallest absolute Gasteiger partial charge is 0.227 e. The third-order valence-corrected chi connectivity index (χ3v) is 20.1. The van der Waals surface area contributed by atoms with Crippen LogP contribution in [0.15, 0.2) is 306 Å². The Balaban J connectivity index is 0.000000105. The van der Waals surface area contributed by atoms with Gasteiger partial charge in [0, 0.05) is 56.3 Å². The summed E-state index contributed by atoms with van der Waals surface area (Å²) in [7, 11) is 3.27. The highest BCUT2D eigenvalue weighted by Crippen LogP contribution is 2.44. The normalized spacial score (nSPS) is 11.8. The van der Waals surface area contributed by atoms with Gasteiger partial charge in [0.25, 0.3) is 0 Å². The number of rotatable bonds is 8. The molecule has 0 aliphatic carbocycles. The maximum Gasteiger partial charge on any atom is 0.227 e. The predicted octanol–water partition coefficient (Wildman–Crippen LogP) is 24.6. The van der Waals surface area contributed by atoms with E-state index in [0.717, 1.165) is 176 Å². The first-order valence-electron chi connectivity index (χ1n) is 34.8. The second kappa shape index (κ2) is 24.8. The van der Waals surface area contributed by atoms with Crippen molar-refractivity contribution in [3.05, 3.63) is 290 Å². The minimum absolute atomic E-state index is 0.561. The van der Waals surface area contributed by atoms with Gasteiger partial charge in [0.2, 0.25) is 35.3 Å². The first-order valence-corrected chi connectivity index (χ1v) is 34.8. The van der Waals surface area contributed by atoms with Gasteiger partial charge in [-0.1, -0.05) is 170 Å². The molecular formula is C92H58N6O8. The van der Waals surface area contributed by atoms with Crippen LogP contribution >= 0.6 is 0 Å². The van der Waals surface area contributed by atoms with Crippen LogP contribution in [0.3, 0.4) is 0 Å². The van der Waals surface area contributed by atoms with E-state index in [2.05, 4.69) is 147 Å². The van der Waals surface area contributed by atoms with Crippen LogP contribution in [-0.2, 0) is 0 Å². The highest BCUT2D eigenvalue weighted by molar-refractivity contribution is 6.10. The Morgan fingerprint density at radius 1 is 0.217 bits per heavy atom. The molecule has 0 atom stereocenters. The molecule has 0 saturated carbocycles. The summed E-state index contributed by atoms with van der Waals surface area (Å²) >= 11 is 0. The molecule has 0 aliphatic heterocycles. The van der Waals surface area contributed by atoms with Crippen LogP contribution in [0.4, 0.5) is 0 Å². The summed E-state index contributed by atoms with van der Waals surface area (Å²) in [6.45, 7) is 4.21. The second-order valence-corrected chi connectivity index (χ2v) is 26.4. The van der Waals surface area contributed by atoms with E-state index in [9.17, 15) is 0 Å². The van der Waals surface area contributed by atoms with Crippen LogP contribution in [0.5, 0.6) is 11.5 Å². The molecule has 22 aromatic rings. The Kier molecular flexibility index (Phi) is 14.4. The number of methoxy groups -OCH3 is 2. The number of hydrogen-bond donors (Lipinski definition) is 0. The van der Waals surface area contributed by atoms with Crippen molar-refractivity contribution < 1.29 is 36.0 Å². The summed E-state index contributed by atoms with van der Waals surface area (Å²) in [5.41, 5.74) is 17.5. The van der Waals surface area contributed by atoms with Crippen molar-refractivity contribution in [3.63, 3.8) is 0 Å². The molecule has 14 heteroatoms. The van der Waals surface area contributed by atoms with E-state index in [1.165, 1.54) is 11.1 Å². The van der Waals surface area contributed by atoms with Crippen molar-refractivity contribution in [2.45, 2.75) is 13.8 Å². The Morgan fingerprint density at radius 3 is 0.849 bits per heavy atom. The standard InChI is InChI=1S/2C32H18N2O2.C28H22N2O4/c1-3-9-21-19(7-1)13-17-27-29(21)35-31(33-27)25-15-16-26(24-12-6-5-11-23(24)25)32-34-28-18-14-20-8-2-4-10-22(20)30(28)36-32;1-3-9-21-17-29-27(15-19(21)7-1)33-31(35-29)25-13-14-26(24-12-6-5-11-23(24)25)32-34-28-16-20-8-2-4-10-22(20)18-30(28)36-32;1-15-11-21-19(27-29-23-9-5-17(31-3)13-25(23)33-27)7-8-20(22(21)12-16(15)2)28-30-24-10-6-18(32-4)14-26(24)34-28/h2*1-18H;5-14H,1-4H3. The average molecular weight is 1380 g/mol. The second-order valence-electron chi connectivity index (χ2n) is 26.4. The molecule has 0 aliphatic rings. The van der Waals surface area contributed by atoms with Crippen LogP contribution in [-0.4, -0.2) is 44.1 Å². The van der Waals surface area contributed by atoms with Gasteiger partial charge in [-0.3, -0.25) is 0 Å². The third kappa shape index (κ3) is 10.6. The molecule has 0 spiro atoms. The summed E-state index contributed by atoms with van der Waals surface area (Å²) < 4.78 is 48.2. The van der Waals surface area contributed by atoms with Crippen molar-refractivity contribution in [2.75, 3.05) is 14.2 Å². The van der Waals surface area contributed by atoms with Gasteiger partial charge in [-0.25, -0.2) is 29.9 Å². The number of hydrogen-bond acceptors (Lipinski definition) is 14. The quantitative estimate of drug-likeness (QED) is 0.140. The number of nitrogens with zero attached hydrogens (tertiary/aromatic N) is 6. The van der Waals surface area contributed by atoms with Crippen molar-refractivity contribution in [3.8, 4) is 80.2 Å². The van der Waals surface area contributed by atoms with Crippen LogP contribution in [0.2, 0.25) is 0 Å². The van der Waals surface area contributed by atoms with E-state index >= 15 is 0 Å². The van der Waals surface area contributed by atoms with Gasteiger partial charge in [-0.15, -0.1) is 0 Å². The maximum atomic E-state index is 6.37. The highest BCUT2D eigenvalue weighted by Gasteiger charge is 2.23. The van der Waals surface area contributed by atoms with E-state index in [0.29, 0.717) is 46.5 Å². The predicted molar refractivity (Wildman–Crippen MR) is 422 cm³/mol. The van der Waals surface area contributed by atoms with E-state index in [1.807, 2.05) is 146 Å². The molecule has 0 amide bonds. The van der Waals surface area contributed by atoms with Gasteiger partial charge < -0.3 is 36.0 Å². The van der Waals surface area contributed by atoms with Gasteiger partial charge in [-0.05, 0) is 187 Å². The number of ether oxygens (including phenoxy) is 2. The number of benzene rings is 16. The number of aromatic nitrogens is 6. The third-order valence-electron chi connectivity index (χ3n) is 20.1. The topological polar surface area (TPSA) is 175 Å². The van der Waals surface area contributed by atoms with Gasteiger partial charge in [0.1, 0.15) is 44.6 Å². The Morgan fingerprint density at radius 2 is 0.491 bits per heavy atom. The molecule has 0 bridgehead atoms. The fourth-order valence-electron chi connectivity index (χ4n) is 14.6. The number of aryl methyl sites for hydroxylation is 2. The lowest BCUT2D eigenvalue weighted by atomic mass is 9.95. The molecule has 0 fully saturated rings. The highest BCUT2D eigenvalue weighted by atomic mass is 16.5. The molecule has 16 aromatic carbocycles. The summed E-state index contributed by atoms with van der Waals surface area (Å²) in [6.07, 6.45) is 0. The van der Waals surface area contributed by atoms with E-state index in [-0.39, 0.29) is 0 Å². The van der Waals surface area contributed by atoms with E-state index in [1.54, 1.807) is 14.2 Å². The first kappa shape index (κ1) is 61.6. The SMILES string of the molecule is COc1ccc2nc(-c3ccc(-c4nc5ccc(OC)cc5o4)c4cc(C)c(C)cc34)oc2c1.c1ccc2c(c1)ccc1nc(-c3ccc(-c4nc5ccc6ccccc6c5o4)c4ccccc34)oc12.c1ccc2cc3oc(-c4ccc(-c5nc6cc7ccccc7cc6o5)c5ccccc45)nc3cc2c1. The van der Waals surface area contributed by atoms with Crippen LogP contribution in [0.1, 0.15) is 11.1 Å². The van der Waals surface area contributed by atoms with Crippen LogP contribution in [0, 0.1) is 13.8 Å². The molecule has 504 valence electrons. The summed E-state index contributed by atoms with van der Waals surface area (Å²) in [5.74, 6) is 5.00. The monoisotopic (exact) mass is 1370 g/mol. The average Bonchev–Trinajstić information content (AvgIpc) is 1.55. The zero-order valence-electron chi connectivity index (χ0n) is 57.5. The molecule has 0 unspecified atom stereocenters. The van der Waals surface area contributed by atoms with Gasteiger partial charge in [-0.2, -0.15) is 0 Å². The Bertz CT molecular complexity index is 6780. The summed E-state index contributed by atoms with van der Waals surface area (Å²) in [4.78, 5) is 28.9. The zero-order valence-corrected chi connectivity index (χ0v) is 57.5. The summed E-state index contributed by atoms with van der Waals surface area (Å²) in [5, 5.41) is 15.2. The van der Waals surface area contributed by atoms with Crippen LogP contribution in [0.25, 0.3) is 211 Å². The lowest BCUT2D eigenvalue weighted by Gasteiger charge is -2.10. The molecule has 0 N–H and O–H groups in total. The van der Waals surface area contributed by atoms with Gasteiger partial charge in [0.05, 0.1) is 14.2 Å². The lowest BCUT2D eigenvalue weighted by molar-refractivity contribution is 0.414. The minimum atomic E-state index is 0.561. The lowest BCUT2D eigenvalue weighted by Crippen LogP contribution is -1.90. The van der Waals surface area contributed by atoms with Crippen molar-refractivity contribution in [1.29, 1.82) is 0 Å². The van der Waals surface area contributed by atoms with E-state index in [4.69, 9.17) is 65.9 Å². The Labute approximate surface area is 603 Å². The molecule has 6 heterocycles. The zero-order chi connectivity index (χ0) is 70.7. The van der Waals surface area contributed by atoms with Gasteiger partial charge in [0.15, 0.2) is 33.5 Å². The summed E-state index contributed by atoms with van der Waals surface area (Å²) in [6, 6.07) is 93.8. The molecule has 6 aromatic heterocycles. The number of oxazole rings is 6. The first-order chi connectivity index (χ1) is 52.2. The number of fused-ring (bicyclic) bond motifs is 15. The molecule has 14 nitrogen and oxygen atoms in total. The van der Waals surface area contributed by atoms with Crippen molar-refractivity contribution in [2.24, 2.45) is 0 Å². The molecule has 0 saturated heterocycles. The van der Waals surface area contributed by atoms with Gasteiger partial charge >= 0.3 is 0 Å². The molecular weight excluding hydrogens is 1320 g/mol. The molecule has 0 radical (unpaired) electrons. The van der Waals surface area contributed by atoms with E-state index < -0.39 is 0 Å². The molecule has 106 heavy (non-hydrogen) atoms. The fraction of sp³-hybridized carbons (Fsp3) is 0.0435. The Hall–Kier alpha value is -14.2. The maximum absolute atomic E-state index is 6.37. The molecule has 22 rings (SSSR count). The largest absolute Gasteiger partial charge is 0.497 e. The minimum Gasteiger partial charge on any atom is -0.497 e. The van der Waals surface area contributed by atoms with Crippen molar-refractivity contribution in [1.82, 2.24) is 29.9 Å². The van der Waals surface area contributed by atoms with Crippen LogP contribution < -0.4 is 9.47 Å². The fourth-order valence-corrected chi connectivity index (χ4v) is 14.6.